The largest absolute Gasteiger partial charge is 0.462 e. The normalized spacial score (nSPS) is 10.8. The minimum Gasteiger partial charge on any atom is -0.462 e. The van der Waals surface area contributed by atoms with Gasteiger partial charge in [0.05, 0.1) is 13.2 Å². The van der Waals surface area contributed by atoms with E-state index in [2.05, 4.69) is 10.3 Å². The van der Waals surface area contributed by atoms with Crippen molar-refractivity contribution in [2.45, 2.75) is 26.9 Å². The number of hydrogen-bond donors (Lipinski definition) is 1. The Morgan fingerprint density at radius 1 is 1.42 bits per heavy atom. The first-order valence-electron chi connectivity index (χ1n) is 7.96. The summed E-state index contributed by atoms with van der Waals surface area (Å²) >= 11 is 1.53. The quantitative estimate of drug-likeness (QED) is 0.660. The maximum Gasteiger partial charge on any atom is 0.342 e. The second-order valence-corrected chi connectivity index (χ2v) is 6.50. The van der Waals surface area contributed by atoms with Crippen molar-refractivity contribution in [1.82, 2.24) is 14.9 Å². The van der Waals surface area contributed by atoms with Crippen molar-refractivity contribution >= 4 is 34.3 Å². The lowest BCUT2D eigenvalue weighted by atomic mass is 10.2. The van der Waals surface area contributed by atoms with E-state index >= 15 is 0 Å². The number of amides is 1. The Kier molecular flexibility index (Phi) is 5.17. The SMILES string of the molecule is CCOC(=O)c1c(C)oc2ncn(CC(=O)NCc3cccs3)c(=O)c12. The van der Waals surface area contributed by atoms with Crippen LogP contribution in [0, 0.1) is 6.92 Å². The predicted molar refractivity (Wildman–Crippen MR) is 95.1 cm³/mol. The molecule has 0 aliphatic rings. The summed E-state index contributed by atoms with van der Waals surface area (Å²) in [7, 11) is 0. The summed E-state index contributed by atoms with van der Waals surface area (Å²) in [4.78, 5) is 42.0. The molecular weight excluding hydrogens is 358 g/mol. The second kappa shape index (κ2) is 7.52. The monoisotopic (exact) mass is 375 g/mol. The van der Waals surface area contributed by atoms with Crippen LogP contribution in [0.4, 0.5) is 0 Å². The number of carbonyl (C=O) groups excluding carboxylic acids is 2. The number of ether oxygens (including phenoxy) is 1. The van der Waals surface area contributed by atoms with E-state index in [1.54, 1.807) is 13.8 Å². The zero-order valence-electron chi connectivity index (χ0n) is 14.3. The predicted octanol–water partition coefficient (Wildman–Crippen LogP) is 1.85. The zero-order chi connectivity index (χ0) is 18.7. The molecule has 3 heterocycles. The number of aromatic nitrogens is 2. The highest BCUT2D eigenvalue weighted by Gasteiger charge is 2.24. The highest BCUT2D eigenvalue weighted by Crippen LogP contribution is 2.21. The lowest BCUT2D eigenvalue weighted by Gasteiger charge is -2.06. The Bertz CT molecular complexity index is 1000. The lowest BCUT2D eigenvalue weighted by Crippen LogP contribution is -2.32. The molecule has 9 heteroatoms. The molecule has 0 bridgehead atoms. The zero-order valence-corrected chi connectivity index (χ0v) is 15.1. The molecule has 3 aromatic heterocycles. The van der Waals surface area contributed by atoms with Crippen LogP contribution in [0.15, 0.2) is 33.1 Å². The molecular formula is C17H17N3O5S. The maximum absolute atomic E-state index is 12.7. The summed E-state index contributed by atoms with van der Waals surface area (Å²) in [6.45, 7) is 3.58. The smallest absolute Gasteiger partial charge is 0.342 e. The fourth-order valence-electron chi connectivity index (χ4n) is 2.51. The first-order chi connectivity index (χ1) is 12.5. The standard InChI is InChI=1S/C17H17N3O5S/c1-3-24-17(23)13-10(2)25-15-14(13)16(22)20(9-19-15)8-12(21)18-7-11-5-4-6-26-11/h4-6,9H,3,7-8H2,1-2H3,(H,18,21). The van der Waals surface area contributed by atoms with Crippen LogP contribution in [0.3, 0.4) is 0 Å². The highest BCUT2D eigenvalue weighted by atomic mass is 32.1. The van der Waals surface area contributed by atoms with Gasteiger partial charge in [-0.1, -0.05) is 6.07 Å². The number of aryl methyl sites for hydroxylation is 1. The van der Waals surface area contributed by atoms with Crippen LogP contribution < -0.4 is 10.9 Å². The van der Waals surface area contributed by atoms with Crippen LogP contribution in [-0.4, -0.2) is 28.0 Å². The Hall–Kier alpha value is -2.94. The molecule has 1 N–H and O–H groups in total. The van der Waals surface area contributed by atoms with Crippen LogP contribution in [0.25, 0.3) is 11.1 Å². The van der Waals surface area contributed by atoms with Crippen molar-refractivity contribution in [1.29, 1.82) is 0 Å². The number of nitrogens with zero attached hydrogens (tertiary/aromatic N) is 2. The number of esters is 1. The molecule has 0 atom stereocenters. The number of furan rings is 1. The molecule has 0 saturated heterocycles. The second-order valence-electron chi connectivity index (χ2n) is 5.47. The van der Waals surface area contributed by atoms with E-state index in [0.717, 1.165) is 9.44 Å². The molecule has 136 valence electrons. The molecule has 0 aliphatic carbocycles. The number of rotatable bonds is 6. The van der Waals surface area contributed by atoms with E-state index in [0.29, 0.717) is 6.54 Å². The third-order valence-electron chi connectivity index (χ3n) is 3.69. The summed E-state index contributed by atoms with van der Waals surface area (Å²) in [5.41, 5.74) is -0.431. The highest BCUT2D eigenvalue weighted by molar-refractivity contribution is 7.09. The topological polar surface area (TPSA) is 103 Å². The van der Waals surface area contributed by atoms with Gasteiger partial charge in [-0.25, -0.2) is 9.78 Å². The van der Waals surface area contributed by atoms with Gasteiger partial charge in [0.15, 0.2) is 0 Å². The van der Waals surface area contributed by atoms with E-state index in [4.69, 9.17) is 9.15 Å². The Morgan fingerprint density at radius 3 is 2.92 bits per heavy atom. The van der Waals surface area contributed by atoms with Gasteiger partial charge in [-0.3, -0.25) is 14.2 Å². The summed E-state index contributed by atoms with van der Waals surface area (Å²) in [5.74, 6) is -0.731. The molecule has 8 nitrogen and oxygen atoms in total. The average molecular weight is 375 g/mol. The Morgan fingerprint density at radius 2 is 2.23 bits per heavy atom. The van der Waals surface area contributed by atoms with Crippen molar-refractivity contribution in [2.75, 3.05) is 6.61 Å². The molecule has 0 fully saturated rings. The van der Waals surface area contributed by atoms with Crippen molar-refractivity contribution in [3.63, 3.8) is 0 Å². The summed E-state index contributed by atoms with van der Waals surface area (Å²) in [6.07, 6.45) is 1.23. The molecule has 0 spiro atoms. The molecule has 0 aromatic carbocycles. The van der Waals surface area contributed by atoms with Gasteiger partial charge >= 0.3 is 5.97 Å². The third-order valence-corrected chi connectivity index (χ3v) is 4.56. The van der Waals surface area contributed by atoms with Gasteiger partial charge in [0.25, 0.3) is 5.56 Å². The van der Waals surface area contributed by atoms with Gasteiger partial charge in [-0.2, -0.15) is 0 Å². The van der Waals surface area contributed by atoms with Gasteiger partial charge in [0.2, 0.25) is 11.6 Å². The summed E-state index contributed by atoms with van der Waals surface area (Å²) < 4.78 is 11.5. The van der Waals surface area contributed by atoms with Crippen LogP contribution in [0.2, 0.25) is 0 Å². The fourth-order valence-corrected chi connectivity index (χ4v) is 3.15. The molecule has 0 unspecified atom stereocenters. The number of carbonyl (C=O) groups is 2. The first-order valence-corrected chi connectivity index (χ1v) is 8.84. The molecule has 0 saturated carbocycles. The van der Waals surface area contributed by atoms with Crippen LogP contribution in [0.1, 0.15) is 27.9 Å². The van der Waals surface area contributed by atoms with Crippen LogP contribution >= 0.6 is 11.3 Å². The van der Waals surface area contributed by atoms with E-state index in [-0.39, 0.29) is 41.5 Å². The van der Waals surface area contributed by atoms with Gasteiger partial charge in [-0.15, -0.1) is 11.3 Å². The minimum atomic E-state index is -0.650. The molecule has 1 amide bonds. The molecule has 3 aromatic rings. The first kappa shape index (κ1) is 17.9. The minimum absolute atomic E-state index is 0.0227. The van der Waals surface area contributed by atoms with Crippen molar-refractivity contribution in [2.24, 2.45) is 0 Å². The van der Waals surface area contributed by atoms with Gasteiger partial charge in [0, 0.05) is 4.88 Å². The molecule has 0 radical (unpaired) electrons. The lowest BCUT2D eigenvalue weighted by molar-refractivity contribution is -0.121. The van der Waals surface area contributed by atoms with Gasteiger partial charge in [0.1, 0.15) is 29.6 Å². The van der Waals surface area contributed by atoms with Crippen LogP contribution in [-0.2, 0) is 22.6 Å². The van der Waals surface area contributed by atoms with Crippen molar-refractivity contribution < 1.29 is 18.7 Å². The Balaban J connectivity index is 1.86. The fraction of sp³-hybridized carbons (Fsp3) is 0.294. The van der Waals surface area contributed by atoms with Gasteiger partial charge in [-0.05, 0) is 25.3 Å². The van der Waals surface area contributed by atoms with E-state index in [1.807, 2.05) is 17.5 Å². The van der Waals surface area contributed by atoms with E-state index in [9.17, 15) is 14.4 Å². The molecule has 26 heavy (non-hydrogen) atoms. The van der Waals surface area contributed by atoms with E-state index < -0.39 is 11.5 Å². The summed E-state index contributed by atoms with van der Waals surface area (Å²) in [6, 6.07) is 3.80. The summed E-state index contributed by atoms with van der Waals surface area (Å²) in [5, 5.41) is 4.68. The number of thiophene rings is 1. The Labute approximate surface area is 152 Å². The van der Waals surface area contributed by atoms with E-state index in [1.165, 1.54) is 17.7 Å². The maximum atomic E-state index is 12.7. The van der Waals surface area contributed by atoms with Crippen molar-refractivity contribution in [3.05, 3.63) is 50.4 Å². The van der Waals surface area contributed by atoms with Crippen LogP contribution in [0.5, 0.6) is 0 Å². The average Bonchev–Trinajstić information content (AvgIpc) is 3.23. The molecule has 3 rings (SSSR count). The number of nitrogens with one attached hydrogen (secondary N) is 1. The number of fused-ring (bicyclic) bond motifs is 1. The number of hydrogen-bond acceptors (Lipinski definition) is 7. The van der Waals surface area contributed by atoms with Crippen molar-refractivity contribution in [3.8, 4) is 0 Å². The third kappa shape index (κ3) is 3.52. The van der Waals surface area contributed by atoms with Gasteiger partial charge < -0.3 is 14.5 Å². The molecule has 0 aliphatic heterocycles.